The number of nitrogens with one attached hydrogen (secondary N) is 1. The molecule has 0 bridgehead atoms. The van der Waals surface area contributed by atoms with E-state index in [2.05, 4.69) is 20.5 Å². The highest BCUT2D eigenvalue weighted by atomic mass is 32.2. The number of fused-ring (bicyclic) bond motifs is 1. The molecule has 0 aliphatic rings. The SMILES string of the molecule is O=C(CSc1nnc(-c2ccc(F)cc2)n1-c1ccccc1)Nc1cccc2cccnc12. The highest BCUT2D eigenvalue weighted by molar-refractivity contribution is 7.99. The number of thioether (sulfide) groups is 1. The van der Waals surface area contributed by atoms with Crippen molar-refractivity contribution in [3.63, 3.8) is 0 Å². The molecule has 0 saturated carbocycles. The number of anilines is 1. The van der Waals surface area contributed by atoms with E-state index in [1.807, 2.05) is 65.2 Å². The third-order valence-electron chi connectivity index (χ3n) is 4.99. The van der Waals surface area contributed by atoms with E-state index >= 15 is 0 Å². The van der Waals surface area contributed by atoms with Crippen molar-refractivity contribution in [2.75, 3.05) is 11.1 Å². The maximum Gasteiger partial charge on any atom is 0.234 e. The van der Waals surface area contributed by atoms with Crippen LogP contribution in [0.4, 0.5) is 10.1 Å². The minimum Gasteiger partial charge on any atom is -0.323 e. The van der Waals surface area contributed by atoms with Crippen LogP contribution in [0.2, 0.25) is 0 Å². The second-order valence-corrected chi connectivity index (χ2v) is 8.14. The minimum absolute atomic E-state index is 0.137. The summed E-state index contributed by atoms with van der Waals surface area (Å²) in [6.45, 7) is 0. The predicted octanol–water partition coefficient (Wildman–Crippen LogP) is 5.35. The largest absolute Gasteiger partial charge is 0.323 e. The average Bonchev–Trinajstić information content (AvgIpc) is 3.28. The molecule has 3 aromatic carbocycles. The molecule has 0 unspecified atom stereocenters. The Bertz CT molecular complexity index is 1410. The maximum atomic E-state index is 13.4. The van der Waals surface area contributed by atoms with Gasteiger partial charge in [-0.2, -0.15) is 0 Å². The van der Waals surface area contributed by atoms with Crippen LogP contribution in [0.25, 0.3) is 28.0 Å². The minimum atomic E-state index is -0.321. The molecule has 0 aliphatic heterocycles. The van der Waals surface area contributed by atoms with Crippen molar-refractivity contribution in [1.82, 2.24) is 19.7 Å². The molecule has 0 fully saturated rings. The van der Waals surface area contributed by atoms with Gasteiger partial charge < -0.3 is 5.32 Å². The van der Waals surface area contributed by atoms with Gasteiger partial charge in [0, 0.05) is 22.8 Å². The first kappa shape index (κ1) is 20.8. The molecular formula is C25H18FN5OS. The summed E-state index contributed by atoms with van der Waals surface area (Å²) in [5.41, 5.74) is 2.98. The molecule has 5 rings (SSSR count). The first-order chi connectivity index (χ1) is 16.2. The topological polar surface area (TPSA) is 72.7 Å². The Hall–Kier alpha value is -4.04. The van der Waals surface area contributed by atoms with Gasteiger partial charge in [0.15, 0.2) is 11.0 Å². The summed E-state index contributed by atoms with van der Waals surface area (Å²) in [4.78, 5) is 17.1. The molecule has 0 radical (unpaired) electrons. The normalized spacial score (nSPS) is 10.9. The summed E-state index contributed by atoms with van der Waals surface area (Å²) in [6, 6.07) is 25.2. The maximum absolute atomic E-state index is 13.4. The molecule has 5 aromatic rings. The number of rotatable bonds is 6. The Morgan fingerprint density at radius 1 is 0.909 bits per heavy atom. The number of hydrogen-bond donors (Lipinski definition) is 1. The van der Waals surface area contributed by atoms with Gasteiger partial charge in [-0.05, 0) is 48.5 Å². The van der Waals surface area contributed by atoms with Gasteiger partial charge in [-0.1, -0.05) is 48.2 Å². The van der Waals surface area contributed by atoms with Crippen molar-refractivity contribution in [3.05, 3.63) is 96.9 Å². The van der Waals surface area contributed by atoms with Crippen LogP contribution in [0.5, 0.6) is 0 Å². The van der Waals surface area contributed by atoms with Crippen LogP contribution >= 0.6 is 11.8 Å². The van der Waals surface area contributed by atoms with Gasteiger partial charge in [-0.25, -0.2) is 4.39 Å². The number of carbonyl (C=O) groups is 1. The number of pyridine rings is 1. The molecule has 0 atom stereocenters. The molecule has 33 heavy (non-hydrogen) atoms. The van der Waals surface area contributed by atoms with Crippen molar-refractivity contribution >= 4 is 34.3 Å². The molecular weight excluding hydrogens is 437 g/mol. The van der Waals surface area contributed by atoms with E-state index in [1.54, 1.807) is 18.3 Å². The van der Waals surface area contributed by atoms with E-state index in [0.29, 0.717) is 16.7 Å². The van der Waals surface area contributed by atoms with E-state index in [0.717, 1.165) is 22.2 Å². The Morgan fingerprint density at radius 2 is 1.70 bits per heavy atom. The molecule has 6 nitrogen and oxygen atoms in total. The highest BCUT2D eigenvalue weighted by Crippen LogP contribution is 2.28. The number of halogens is 1. The van der Waals surface area contributed by atoms with Crippen molar-refractivity contribution in [2.45, 2.75) is 5.16 Å². The third kappa shape index (κ3) is 4.47. The number of amides is 1. The van der Waals surface area contributed by atoms with Crippen LogP contribution in [-0.2, 0) is 4.79 Å². The molecule has 8 heteroatoms. The van der Waals surface area contributed by atoms with Gasteiger partial charge in [-0.3, -0.25) is 14.3 Å². The van der Waals surface area contributed by atoms with Crippen LogP contribution in [-0.4, -0.2) is 31.4 Å². The highest BCUT2D eigenvalue weighted by Gasteiger charge is 2.17. The third-order valence-corrected chi connectivity index (χ3v) is 5.92. The fourth-order valence-electron chi connectivity index (χ4n) is 3.48. The van der Waals surface area contributed by atoms with Crippen molar-refractivity contribution in [2.24, 2.45) is 0 Å². The number of para-hydroxylation sites is 2. The quantitative estimate of drug-likeness (QED) is 0.349. The van der Waals surface area contributed by atoms with Crippen LogP contribution in [0.1, 0.15) is 0 Å². The monoisotopic (exact) mass is 455 g/mol. The van der Waals surface area contributed by atoms with Crippen molar-refractivity contribution in [1.29, 1.82) is 0 Å². The smallest absolute Gasteiger partial charge is 0.234 e. The Balaban J connectivity index is 1.40. The zero-order valence-electron chi connectivity index (χ0n) is 17.4. The van der Waals surface area contributed by atoms with Crippen LogP contribution in [0.15, 0.2) is 96.3 Å². The molecule has 2 aromatic heterocycles. The number of nitrogens with zero attached hydrogens (tertiary/aromatic N) is 4. The standard InChI is InChI=1S/C25H18FN5OS/c26-19-13-11-18(12-14-19)24-29-30-25(31(24)20-8-2-1-3-9-20)33-16-22(32)28-21-10-4-6-17-7-5-15-27-23(17)21/h1-15H,16H2,(H,28,32). The van der Waals surface area contributed by atoms with Crippen molar-refractivity contribution < 1.29 is 9.18 Å². The fourth-order valence-corrected chi connectivity index (χ4v) is 4.23. The predicted molar refractivity (Wildman–Crippen MR) is 128 cm³/mol. The lowest BCUT2D eigenvalue weighted by Crippen LogP contribution is -2.15. The zero-order chi connectivity index (χ0) is 22.6. The molecule has 1 amide bonds. The van der Waals surface area contributed by atoms with Gasteiger partial charge in [0.2, 0.25) is 5.91 Å². The lowest BCUT2D eigenvalue weighted by molar-refractivity contribution is -0.113. The number of aromatic nitrogens is 4. The van der Waals surface area contributed by atoms with E-state index in [-0.39, 0.29) is 17.5 Å². The summed E-state index contributed by atoms with van der Waals surface area (Å²) in [5, 5.41) is 13.1. The second kappa shape index (κ2) is 9.22. The van der Waals surface area contributed by atoms with Gasteiger partial charge in [0.1, 0.15) is 5.82 Å². The molecule has 0 aliphatic carbocycles. The molecule has 1 N–H and O–H groups in total. The molecule has 2 heterocycles. The lowest BCUT2D eigenvalue weighted by atomic mass is 10.2. The summed E-state index contributed by atoms with van der Waals surface area (Å²) in [6.07, 6.45) is 1.70. The average molecular weight is 456 g/mol. The van der Waals surface area contributed by atoms with Crippen molar-refractivity contribution in [3.8, 4) is 17.1 Å². The Morgan fingerprint density at radius 3 is 2.52 bits per heavy atom. The van der Waals surface area contributed by atoms with Gasteiger partial charge in [0.05, 0.1) is 17.0 Å². The van der Waals surface area contributed by atoms with E-state index in [1.165, 1.54) is 23.9 Å². The second-order valence-electron chi connectivity index (χ2n) is 7.20. The summed E-state index contributed by atoms with van der Waals surface area (Å²) >= 11 is 1.28. The molecule has 0 spiro atoms. The van der Waals surface area contributed by atoms with Crippen LogP contribution in [0, 0.1) is 5.82 Å². The Labute approximate surface area is 193 Å². The van der Waals surface area contributed by atoms with Gasteiger partial charge in [0.25, 0.3) is 0 Å². The van der Waals surface area contributed by atoms with E-state index in [4.69, 9.17) is 0 Å². The van der Waals surface area contributed by atoms with Crippen LogP contribution < -0.4 is 5.32 Å². The number of benzene rings is 3. The van der Waals surface area contributed by atoms with Crippen LogP contribution in [0.3, 0.4) is 0 Å². The first-order valence-electron chi connectivity index (χ1n) is 10.2. The summed E-state index contributed by atoms with van der Waals surface area (Å²) in [5.74, 6) is 0.211. The van der Waals surface area contributed by atoms with Gasteiger partial charge >= 0.3 is 0 Å². The van der Waals surface area contributed by atoms with E-state index in [9.17, 15) is 9.18 Å². The summed E-state index contributed by atoms with van der Waals surface area (Å²) in [7, 11) is 0. The van der Waals surface area contributed by atoms with E-state index < -0.39 is 0 Å². The van der Waals surface area contributed by atoms with Gasteiger partial charge in [-0.15, -0.1) is 10.2 Å². The number of carbonyl (C=O) groups excluding carboxylic acids is 1. The zero-order valence-corrected chi connectivity index (χ0v) is 18.2. The molecule has 162 valence electrons. The summed E-state index contributed by atoms with van der Waals surface area (Å²) < 4.78 is 15.3. The Kier molecular flexibility index (Phi) is 5.82. The lowest BCUT2D eigenvalue weighted by Gasteiger charge is -2.11. The first-order valence-corrected chi connectivity index (χ1v) is 11.2. The molecule has 0 saturated heterocycles. The number of hydrogen-bond acceptors (Lipinski definition) is 5. The fraction of sp³-hybridized carbons (Fsp3) is 0.0400.